The summed E-state index contributed by atoms with van der Waals surface area (Å²) in [6, 6.07) is 6.46. The van der Waals surface area contributed by atoms with E-state index < -0.39 is 11.7 Å². The van der Waals surface area contributed by atoms with Gasteiger partial charge in [0.1, 0.15) is 12.4 Å². The molecule has 3 nitrogen and oxygen atoms in total. The maximum atomic E-state index is 13.4. The molecular formula is C16H13Cl2F3N2O. The van der Waals surface area contributed by atoms with Gasteiger partial charge in [0.2, 0.25) is 0 Å². The van der Waals surface area contributed by atoms with Gasteiger partial charge in [0.25, 0.3) is 0 Å². The van der Waals surface area contributed by atoms with E-state index in [0.717, 1.165) is 6.07 Å². The van der Waals surface area contributed by atoms with Gasteiger partial charge in [-0.2, -0.15) is 13.2 Å². The lowest BCUT2D eigenvalue weighted by Crippen LogP contribution is -2.37. The van der Waals surface area contributed by atoms with Crippen LogP contribution in [-0.2, 0) is 6.18 Å². The summed E-state index contributed by atoms with van der Waals surface area (Å²) in [5, 5.41) is 3.41. The molecule has 8 heteroatoms. The Balaban J connectivity index is 2.23. The van der Waals surface area contributed by atoms with Crippen molar-refractivity contribution in [3.63, 3.8) is 0 Å². The van der Waals surface area contributed by atoms with Gasteiger partial charge in [-0.25, -0.2) is 0 Å². The molecule has 1 unspecified atom stereocenters. The maximum absolute atomic E-state index is 13.4. The first-order valence-electron chi connectivity index (χ1n) is 7.09. The summed E-state index contributed by atoms with van der Waals surface area (Å²) in [5.41, 5.74) is 5.50. The Bertz CT molecular complexity index is 781. The SMILES string of the molecule is NCC1COc2cc(Cl)cc(-c3ccc(Cl)cc3C(F)(F)F)c2N1. The van der Waals surface area contributed by atoms with Crippen LogP contribution in [0.1, 0.15) is 5.56 Å². The van der Waals surface area contributed by atoms with Gasteiger partial charge in [-0.3, -0.25) is 0 Å². The third kappa shape index (κ3) is 3.27. The van der Waals surface area contributed by atoms with Crippen molar-refractivity contribution in [1.29, 1.82) is 0 Å². The van der Waals surface area contributed by atoms with E-state index in [-0.39, 0.29) is 28.2 Å². The highest BCUT2D eigenvalue weighted by Crippen LogP contribution is 2.46. The van der Waals surface area contributed by atoms with Gasteiger partial charge in [-0.15, -0.1) is 0 Å². The molecule has 0 spiro atoms. The predicted molar refractivity (Wildman–Crippen MR) is 88.9 cm³/mol. The molecule has 0 saturated carbocycles. The molecule has 0 radical (unpaired) electrons. The van der Waals surface area contributed by atoms with E-state index in [4.69, 9.17) is 33.7 Å². The number of benzene rings is 2. The van der Waals surface area contributed by atoms with Gasteiger partial charge in [-0.1, -0.05) is 29.3 Å². The molecule has 3 N–H and O–H groups in total. The number of hydrogen-bond acceptors (Lipinski definition) is 3. The summed E-state index contributed by atoms with van der Waals surface area (Å²) in [7, 11) is 0. The predicted octanol–water partition coefficient (Wildman–Crippen LogP) is 4.81. The minimum atomic E-state index is -4.56. The zero-order valence-corrected chi connectivity index (χ0v) is 13.8. The minimum absolute atomic E-state index is 0.00557. The van der Waals surface area contributed by atoms with Crippen molar-refractivity contribution in [2.45, 2.75) is 12.2 Å². The lowest BCUT2D eigenvalue weighted by Gasteiger charge is -2.29. The Morgan fingerprint density at radius 3 is 2.54 bits per heavy atom. The first-order chi connectivity index (χ1) is 11.3. The van der Waals surface area contributed by atoms with Crippen molar-refractivity contribution in [2.24, 2.45) is 5.73 Å². The van der Waals surface area contributed by atoms with Gasteiger partial charge in [-0.05, 0) is 23.8 Å². The Kier molecular flexibility index (Phi) is 4.55. The van der Waals surface area contributed by atoms with Crippen LogP contribution in [0, 0.1) is 0 Å². The van der Waals surface area contributed by atoms with Crippen LogP contribution in [-0.4, -0.2) is 19.2 Å². The van der Waals surface area contributed by atoms with Crippen molar-refractivity contribution < 1.29 is 17.9 Å². The van der Waals surface area contributed by atoms with E-state index in [1.54, 1.807) is 6.07 Å². The summed E-state index contributed by atoms with van der Waals surface area (Å²) in [5.74, 6) is 0.394. The summed E-state index contributed by atoms with van der Waals surface area (Å²) in [6.07, 6.45) is -4.56. The number of alkyl halides is 3. The second-order valence-electron chi connectivity index (χ2n) is 5.40. The number of fused-ring (bicyclic) bond motifs is 1. The molecule has 128 valence electrons. The number of anilines is 1. The molecule has 0 saturated heterocycles. The van der Waals surface area contributed by atoms with Crippen molar-refractivity contribution >= 4 is 28.9 Å². The molecule has 0 fully saturated rings. The molecule has 1 atom stereocenters. The minimum Gasteiger partial charge on any atom is -0.489 e. The Hall–Kier alpha value is -1.63. The third-order valence-corrected chi connectivity index (χ3v) is 4.17. The Morgan fingerprint density at radius 2 is 1.88 bits per heavy atom. The van der Waals surface area contributed by atoms with E-state index in [9.17, 15) is 13.2 Å². The Labute approximate surface area is 146 Å². The van der Waals surface area contributed by atoms with Crippen LogP contribution in [0.2, 0.25) is 10.0 Å². The van der Waals surface area contributed by atoms with Crippen LogP contribution < -0.4 is 15.8 Å². The molecule has 0 amide bonds. The molecule has 1 aliphatic rings. The van der Waals surface area contributed by atoms with Crippen molar-refractivity contribution in [1.82, 2.24) is 0 Å². The molecular weight excluding hydrogens is 364 g/mol. The van der Waals surface area contributed by atoms with Crippen LogP contribution in [0.25, 0.3) is 11.1 Å². The average molecular weight is 377 g/mol. The molecule has 24 heavy (non-hydrogen) atoms. The summed E-state index contributed by atoms with van der Waals surface area (Å²) < 4.78 is 45.9. The quantitative estimate of drug-likeness (QED) is 0.790. The van der Waals surface area contributed by atoms with Gasteiger partial charge < -0.3 is 15.8 Å². The third-order valence-electron chi connectivity index (χ3n) is 3.72. The number of ether oxygens (including phenoxy) is 1. The molecule has 0 aliphatic carbocycles. The van der Waals surface area contributed by atoms with E-state index in [0.29, 0.717) is 23.6 Å². The molecule has 1 aliphatic heterocycles. The van der Waals surface area contributed by atoms with E-state index >= 15 is 0 Å². The fourth-order valence-corrected chi connectivity index (χ4v) is 2.99. The largest absolute Gasteiger partial charge is 0.489 e. The van der Waals surface area contributed by atoms with Gasteiger partial charge >= 0.3 is 6.18 Å². The molecule has 3 rings (SSSR count). The summed E-state index contributed by atoms with van der Waals surface area (Å²) >= 11 is 11.8. The van der Waals surface area contributed by atoms with E-state index in [1.165, 1.54) is 18.2 Å². The second kappa shape index (κ2) is 6.35. The standard InChI is InChI=1S/C16H13Cl2F3N2O/c17-8-1-2-11(13(4-8)16(19,20)21)12-3-9(18)5-14-15(12)23-10(6-22)7-24-14/h1-5,10,23H,6-7,22H2. The van der Waals surface area contributed by atoms with Crippen LogP contribution in [0.4, 0.5) is 18.9 Å². The number of hydrogen-bond donors (Lipinski definition) is 2. The number of halogens is 5. The number of rotatable bonds is 2. The van der Waals surface area contributed by atoms with Crippen molar-refractivity contribution in [3.8, 4) is 16.9 Å². The van der Waals surface area contributed by atoms with Crippen molar-refractivity contribution in [2.75, 3.05) is 18.5 Å². The lowest BCUT2D eigenvalue weighted by molar-refractivity contribution is -0.137. The lowest BCUT2D eigenvalue weighted by atomic mass is 9.96. The van der Waals surface area contributed by atoms with Gasteiger partial charge in [0.05, 0.1) is 17.3 Å². The first kappa shape index (κ1) is 17.2. The fraction of sp³-hybridized carbons (Fsp3) is 0.250. The van der Waals surface area contributed by atoms with E-state index in [2.05, 4.69) is 5.32 Å². The van der Waals surface area contributed by atoms with Gasteiger partial charge in [0.15, 0.2) is 0 Å². The zero-order chi connectivity index (χ0) is 17.5. The first-order valence-corrected chi connectivity index (χ1v) is 7.85. The number of nitrogens with one attached hydrogen (secondary N) is 1. The monoisotopic (exact) mass is 376 g/mol. The highest BCUT2D eigenvalue weighted by atomic mass is 35.5. The van der Waals surface area contributed by atoms with Crippen LogP contribution >= 0.6 is 23.2 Å². The number of nitrogens with two attached hydrogens (primary N) is 1. The summed E-state index contributed by atoms with van der Waals surface area (Å²) in [4.78, 5) is 0. The van der Waals surface area contributed by atoms with E-state index in [1.807, 2.05) is 0 Å². The second-order valence-corrected chi connectivity index (χ2v) is 6.27. The average Bonchev–Trinajstić information content (AvgIpc) is 2.53. The van der Waals surface area contributed by atoms with Gasteiger partial charge in [0, 0.05) is 28.2 Å². The van der Waals surface area contributed by atoms with Crippen LogP contribution in [0.3, 0.4) is 0 Å². The smallest absolute Gasteiger partial charge is 0.417 e. The van der Waals surface area contributed by atoms with Crippen molar-refractivity contribution in [3.05, 3.63) is 45.9 Å². The van der Waals surface area contributed by atoms with Crippen LogP contribution in [0.15, 0.2) is 30.3 Å². The normalized spacial score (nSPS) is 17.0. The Morgan fingerprint density at radius 1 is 1.12 bits per heavy atom. The molecule has 2 aromatic rings. The molecule has 2 aromatic carbocycles. The molecule has 1 heterocycles. The zero-order valence-electron chi connectivity index (χ0n) is 12.3. The highest BCUT2D eigenvalue weighted by Gasteiger charge is 2.35. The maximum Gasteiger partial charge on any atom is 0.417 e. The molecule has 0 bridgehead atoms. The van der Waals surface area contributed by atoms with Crippen LogP contribution in [0.5, 0.6) is 5.75 Å². The highest BCUT2D eigenvalue weighted by molar-refractivity contribution is 6.31. The summed E-state index contributed by atoms with van der Waals surface area (Å²) in [6.45, 7) is 0.601. The fourth-order valence-electron chi connectivity index (χ4n) is 2.61. The molecule has 0 aromatic heterocycles. The topological polar surface area (TPSA) is 47.3 Å².